The lowest BCUT2D eigenvalue weighted by Gasteiger charge is -2.14. The van der Waals surface area contributed by atoms with E-state index in [0.29, 0.717) is 5.06 Å². The maximum atomic E-state index is 11.2. The molecule has 106 valence electrons. The molecule has 0 radical (unpaired) electrons. The molecule has 0 N–H and O–H groups in total. The monoisotopic (exact) mass is 273 g/mol. The van der Waals surface area contributed by atoms with Gasteiger partial charge in [-0.15, -0.1) is 0 Å². The summed E-state index contributed by atoms with van der Waals surface area (Å²) in [5, 5.41) is 0.402. The van der Waals surface area contributed by atoms with Crippen molar-refractivity contribution < 1.29 is 33.5 Å². The Morgan fingerprint density at radius 2 is 1.68 bits per heavy atom. The second-order valence-electron chi connectivity index (χ2n) is 4.14. The summed E-state index contributed by atoms with van der Waals surface area (Å²) in [4.78, 5) is 48.6. The summed E-state index contributed by atoms with van der Waals surface area (Å²) in [6, 6.07) is 0. The van der Waals surface area contributed by atoms with Crippen LogP contribution in [0.2, 0.25) is 0 Å². The van der Waals surface area contributed by atoms with Gasteiger partial charge < -0.3 is 9.47 Å². The number of hydrogen-bond acceptors (Lipinski definition) is 7. The average Bonchev–Trinajstić information content (AvgIpc) is 2.65. The van der Waals surface area contributed by atoms with Crippen molar-refractivity contribution in [3.8, 4) is 0 Å². The molecule has 1 fully saturated rings. The van der Waals surface area contributed by atoms with Crippen molar-refractivity contribution in [2.45, 2.75) is 26.7 Å². The minimum atomic E-state index is -1.14. The molecule has 1 aliphatic heterocycles. The minimum Gasteiger partial charge on any atom is -0.465 e. The second kappa shape index (κ2) is 6.72. The van der Waals surface area contributed by atoms with Gasteiger partial charge in [0, 0.05) is 25.7 Å². The molecule has 1 saturated heterocycles. The molecule has 0 aliphatic carbocycles. The summed E-state index contributed by atoms with van der Waals surface area (Å²) < 4.78 is 9.41. The molecule has 0 bridgehead atoms. The van der Waals surface area contributed by atoms with Crippen LogP contribution in [0.3, 0.4) is 0 Å². The highest BCUT2D eigenvalue weighted by Crippen LogP contribution is 2.12. The largest absolute Gasteiger partial charge is 0.533 e. The van der Waals surface area contributed by atoms with Crippen molar-refractivity contribution in [3.05, 3.63) is 0 Å². The number of amides is 2. The van der Waals surface area contributed by atoms with Crippen LogP contribution in [0.5, 0.6) is 0 Å². The van der Waals surface area contributed by atoms with Crippen LogP contribution < -0.4 is 0 Å². The van der Waals surface area contributed by atoms with Crippen LogP contribution in [0.1, 0.15) is 26.7 Å². The van der Waals surface area contributed by atoms with Gasteiger partial charge in [0.2, 0.25) is 0 Å². The zero-order chi connectivity index (χ0) is 14.4. The first-order chi connectivity index (χ1) is 8.90. The third kappa shape index (κ3) is 4.94. The van der Waals surface area contributed by atoms with E-state index in [9.17, 15) is 19.2 Å². The molecule has 1 aliphatic rings. The number of ether oxygens (including phenoxy) is 2. The van der Waals surface area contributed by atoms with Crippen LogP contribution in [-0.2, 0) is 28.7 Å². The van der Waals surface area contributed by atoms with Gasteiger partial charge in [-0.2, -0.15) is 0 Å². The van der Waals surface area contributed by atoms with E-state index in [2.05, 4.69) is 4.84 Å². The van der Waals surface area contributed by atoms with Crippen molar-refractivity contribution >= 4 is 23.9 Å². The normalized spacial score (nSPS) is 16.2. The molecule has 2 amide bonds. The Bertz CT molecular complexity index is 377. The summed E-state index contributed by atoms with van der Waals surface area (Å²) in [6.07, 6.45) is -1.09. The highest BCUT2D eigenvalue weighted by molar-refractivity contribution is 6.01. The predicted octanol–water partition coefficient (Wildman–Crippen LogP) is 0.403. The van der Waals surface area contributed by atoms with Gasteiger partial charge in [-0.3, -0.25) is 19.2 Å². The van der Waals surface area contributed by atoms with Crippen LogP contribution in [0, 0.1) is 5.92 Å². The summed E-state index contributed by atoms with van der Waals surface area (Å²) in [7, 11) is 0. The predicted molar refractivity (Wildman–Crippen MR) is 59.3 cm³/mol. The molecular formula is C11H15NO7. The molecule has 1 atom stereocenters. The van der Waals surface area contributed by atoms with Crippen molar-refractivity contribution in [1.29, 1.82) is 0 Å². The molecule has 0 spiro atoms. The molecule has 1 rings (SSSR count). The Morgan fingerprint density at radius 1 is 1.16 bits per heavy atom. The first-order valence-electron chi connectivity index (χ1n) is 5.74. The summed E-state index contributed by atoms with van der Waals surface area (Å²) in [5.74, 6) is -1.80. The van der Waals surface area contributed by atoms with Gasteiger partial charge in [0.1, 0.15) is 6.61 Å². The molecule has 8 nitrogen and oxygen atoms in total. The topological polar surface area (TPSA) is 99.2 Å². The number of carbonyl (C=O) groups is 4. The first-order valence-corrected chi connectivity index (χ1v) is 5.74. The highest BCUT2D eigenvalue weighted by atomic mass is 16.8. The lowest BCUT2D eigenvalue weighted by molar-refractivity contribution is -0.177. The van der Waals surface area contributed by atoms with E-state index in [0.717, 1.165) is 0 Å². The van der Waals surface area contributed by atoms with E-state index >= 15 is 0 Å². The Labute approximate surface area is 109 Å². The standard InChI is InChI=1S/C11H15NO7/c1-7(5-17-8(2)13)6-18-11(16)19-12-9(14)3-4-10(12)15/h7H,3-6H2,1-2H3. The fourth-order valence-corrected chi connectivity index (χ4v) is 1.28. The van der Waals surface area contributed by atoms with Gasteiger partial charge in [0.15, 0.2) is 0 Å². The number of esters is 1. The third-order valence-electron chi connectivity index (χ3n) is 2.23. The Balaban J connectivity index is 2.26. The summed E-state index contributed by atoms with van der Waals surface area (Å²) in [6.45, 7) is 3.02. The average molecular weight is 273 g/mol. The van der Waals surface area contributed by atoms with Crippen molar-refractivity contribution in [3.63, 3.8) is 0 Å². The van der Waals surface area contributed by atoms with E-state index in [1.165, 1.54) is 6.92 Å². The smallest absolute Gasteiger partial charge is 0.465 e. The van der Waals surface area contributed by atoms with Gasteiger partial charge >= 0.3 is 12.1 Å². The maximum absolute atomic E-state index is 11.2. The number of rotatable bonds is 5. The molecule has 0 aromatic heterocycles. The van der Waals surface area contributed by atoms with Crippen LogP contribution in [0.25, 0.3) is 0 Å². The van der Waals surface area contributed by atoms with Crippen LogP contribution in [0.15, 0.2) is 0 Å². The van der Waals surface area contributed by atoms with Crippen molar-refractivity contribution in [1.82, 2.24) is 5.06 Å². The van der Waals surface area contributed by atoms with E-state index in [-0.39, 0.29) is 32.0 Å². The maximum Gasteiger partial charge on any atom is 0.533 e. The second-order valence-corrected chi connectivity index (χ2v) is 4.14. The Kier molecular flexibility index (Phi) is 5.28. The number of hydroxylamine groups is 2. The van der Waals surface area contributed by atoms with E-state index in [1.807, 2.05) is 0 Å². The van der Waals surface area contributed by atoms with E-state index in [4.69, 9.17) is 9.47 Å². The third-order valence-corrected chi connectivity index (χ3v) is 2.23. The molecule has 0 aromatic rings. The van der Waals surface area contributed by atoms with Gasteiger partial charge in [0.05, 0.1) is 6.61 Å². The van der Waals surface area contributed by atoms with Crippen LogP contribution >= 0.6 is 0 Å². The number of carbonyl (C=O) groups excluding carboxylic acids is 4. The van der Waals surface area contributed by atoms with Gasteiger partial charge in [-0.25, -0.2) is 4.79 Å². The lowest BCUT2D eigenvalue weighted by atomic mass is 10.2. The Hall–Kier alpha value is -2.12. The summed E-state index contributed by atoms with van der Waals surface area (Å²) >= 11 is 0. The number of hydrogen-bond donors (Lipinski definition) is 0. The van der Waals surface area contributed by atoms with E-state index in [1.54, 1.807) is 6.92 Å². The van der Waals surface area contributed by atoms with Gasteiger partial charge in [0.25, 0.3) is 11.8 Å². The minimum absolute atomic E-state index is 0.0228. The van der Waals surface area contributed by atoms with E-state index < -0.39 is 23.9 Å². The highest BCUT2D eigenvalue weighted by Gasteiger charge is 2.33. The molecule has 1 unspecified atom stereocenters. The van der Waals surface area contributed by atoms with Crippen molar-refractivity contribution in [2.24, 2.45) is 5.92 Å². The van der Waals surface area contributed by atoms with Crippen molar-refractivity contribution in [2.75, 3.05) is 13.2 Å². The first kappa shape index (κ1) is 14.9. The quantitative estimate of drug-likeness (QED) is 0.528. The fourth-order valence-electron chi connectivity index (χ4n) is 1.28. The van der Waals surface area contributed by atoms with Crippen LogP contribution in [-0.4, -0.2) is 42.2 Å². The molecule has 0 aromatic carbocycles. The molecular weight excluding hydrogens is 258 g/mol. The number of nitrogens with zero attached hydrogens (tertiary/aromatic N) is 1. The molecule has 1 heterocycles. The zero-order valence-corrected chi connectivity index (χ0v) is 10.7. The Morgan fingerprint density at radius 3 is 2.21 bits per heavy atom. The molecule has 0 saturated carbocycles. The molecule has 8 heteroatoms. The summed E-state index contributed by atoms with van der Waals surface area (Å²) in [5.41, 5.74) is 0. The zero-order valence-electron chi connectivity index (χ0n) is 10.7. The fraction of sp³-hybridized carbons (Fsp3) is 0.636. The molecule has 19 heavy (non-hydrogen) atoms. The number of imide groups is 1. The van der Waals surface area contributed by atoms with Gasteiger partial charge in [-0.05, 0) is 0 Å². The SMILES string of the molecule is CC(=O)OCC(C)COC(=O)ON1C(=O)CCC1=O. The van der Waals surface area contributed by atoms with Crippen LogP contribution in [0.4, 0.5) is 4.79 Å². The van der Waals surface area contributed by atoms with Gasteiger partial charge in [-0.1, -0.05) is 12.0 Å². The lowest BCUT2D eigenvalue weighted by Crippen LogP contribution is -2.33.